The van der Waals surface area contributed by atoms with Crippen LogP contribution < -0.4 is 5.32 Å². The molecule has 5 nitrogen and oxygen atoms in total. The van der Waals surface area contributed by atoms with Gasteiger partial charge >= 0.3 is 5.97 Å². The van der Waals surface area contributed by atoms with Gasteiger partial charge in [-0.25, -0.2) is 4.79 Å². The Hall–Kier alpha value is -1.24. The zero-order valence-corrected chi connectivity index (χ0v) is 13.3. The summed E-state index contributed by atoms with van der Waals surface area (Å²) < 4.78 is 16.5. The molecule has 0 spiro atoms. The minimum atomic E-state index is -0.894. The van der Waals surface area contributed by atoms with Gasteiger partial charge in [-0.1, -0.05) is 30.3 Å². The van der Waals surface area contributed by atoms with Crippen LogP contribution in [0.3, 0.4) is 0 Å². The van der Waals surface area contributed by atoms with Crippen LogP contribution in [0.5, 0.6) is 0 Å². The number of carbonyl (C=O) groups is 1. The van der Waals surface area contributed by atoms with Crippen LogP contribution in [0.25, 0.3) is 0 Å². The van der Waals surface area contributed by atoms with Crippen molar-refractivity contribution in [2.24, 2.45) is 0 Å². The van der Waals surface area contributed by atoms with E-state index in [2.05, 4.69) is 10.2 Å². The standard InChI is InChI=1S/C15H22N2O3S/c1-16-15(14(18)20-2,13-6-4-3-5-7-13)12-17-8-10-21(19)11-9-17/h3-7,16H,8-12H2,1-2H3. The Kier molecular flexibility index (Phi) is 5.50. The molecule has 1 aliphatic heterocycles. The maximum Gasteiger partial charge on any atom is 0.332 e. The number of esters is 1. The van der Waals surface area contributed by atoms with Crippen molar-refractivity contribution in [3.63, 3.8) is 0 Å². The zero-order valence-electron chi connectivity index (χ0n) is 12.5. The Labute approximate surface area is 128 Å². The van der Waals surface area contributed by atoms with Crippen LogP contribution in [0.15, 0.2) is 30.3 Å². The number of benzene rings is 1. The predicted octanol–water partition coefficient (Wildman–Crippen LogP) is 0.339. The molecule has 0 amide bonds. The first kappa shape index (κ1) is 16.1. The molecule has 1 unspecified atom stereocenters. The largest absolute Gasteiger partial charge is 0.467 e. The van der Waals surface area contributed by atoms with Crippen LogP contribution in [0.4, 0.5) is 0 Å². The third kappa shape index (κ3) is 3.51. The molecular formula is C15H22N2O3S. The molecule has 1 aromatic rings. The van der Waals surface area contributed by atoms with Crippen molar-refractivity contribution in [3.05, 3.63) is 35.9 Å². The second-order valence-corrected chi connectivity index (χ2v) is 6.83. The lowest BCUT2D eigenvalue weighted by molar-refractivity contribution is -0.150. The molecule has 0 radical (unpaired) electrons. The number of likely N-dealkylation sites (N-methyl/N-ethyl adjacent to an activating group) is 1. The highest BCUT2D eigenvalue weighted by atomic mass is 32.2. The average Bonchev–Trinajstić information content (AvgIpc) is 2.54. The van der Waals surface area contributed by atoms with Crippen molar-refractivity contribution in [2.75, 3.05) is 45.3 Å². The summed E-state index contributed by atoms with van der Waals surface area (Å²) in [6.07, 6.45) is 0. The number of nitrogens with zero attached hydrogens (tertiary/aromatic N) is 1. The van der Waals surface area contributed by atoms with Crippen molar-refractivity contribution in [2.45, 2.75) is 5.54 Å². The number of nitrogens with one attached hydrogen (secondary N) is 1. The molecule has 0 aliphatic carbocycles. The second-order valence-electron chi connectivity index (χ2n) is 5.14. The molecule has 6 heteroatoms. The van der Waals surface area contributed by atoms with Crippen molar-refractivity contribution in [1.29, 1.82) is 0 Å². The maximum atomic E-state index is 12.4. The number of carbonyl (C=O) groups excluding carboxylic acids is 1. The summed E-state index contributed by atoms with van der Waals surface area (Å²) in [6.45, 7) is 1.98. The van der Waals surface area contributed by atoms with Gasteiger partial charge < -0.3 is 10.1 Å². The summed E-state index contributed by atoms with van der Waals surface area (Å²) in [4.78, 5) is 14.6. The van der Waals surface area contributed by atoms with Crippen molar-refractivity contribution < 1.29 is 13.7 Å². The fraction of sp³-hybridized carbons (Fsp3) is 0.533. The Balaban J connectivity index is 2.27. The van der Waals surface area contributed by atoms with Crippen LogP contribution >= 0.6 is 0 Å². The van der Waals surface area contributed by atoms with Crippen molar-refractivity contribution in [3.8, 4) is 0 Å². The predicted molar refractivity (Wildman–Crippen MR) is 83.5 cm³/mol. The van der Waals surface area contributed by atoms with Crippen molar-refractivity contribution in [1.82, 2.24) is 10.2 Å². The number of rotatable bonds is 5. The van der Waals surface area contributed by atoms with Crippen LogP contribution in [-0.4, -0.2) is 60.4 Å². The summed E-state index contributed by atoms with van der Waals surface area (Å²) in [5.41, 5.74) is -0.0134. The second kappa shape index (κ2) is 7.15. The third-order valence-electron chi connectivity index (χ3n) is 3.96. The number of methoxy groups -OCH3 is 1. The first-order valence-electron chi connectivity index (χ1n) is 7.02. The van der Waals surface area contributed by atoms with Crippen molar-refractivity contribution >= 4 is 16.8 Å². The van der Waals surface area contributed by atoms with Gasteiger partial charge in [0, 0.05) is 41.9 Å². The molecule has 21 heavy (non-hydrogen) atoms. The highest BCUT2D eigenvalue weighted by Crippen LogP contribution is 2.24. The molecule has 0 bridgehead atoms. The van der Waals surface area contributed by atoms with E-state index in [0.717, 1.165) is 18.7 Å². The van der Waals surface area contributed by atoms with E-state index in [4.69, 9.17) is 4.74 Å². The summed E-state index contributed by atoms with van der Waals surface area (Å²) in [5.74, 6) is 1.02. The van der Waals surface area contributed by atoms with E-state index in [-0.39, 0.29) is 5.97 Å². The fourth-order valence-electron chi connectivity index (χ4n) is 2.67. The van der Waals surface area contributed by atoms with E-state index >= 15 is 0 Å². The quantitative estimate of drug-likeness (QED) is 0.795. The minimum Gasteiger partial charge on any atom is -0.467 e. The zero-order chi connectivity index (χ0) is 15.3. The molecule has 1 aliphatic rings. The Morgan fingerprint density at radius 1 is 1.33 bits per heavy atom. The van der Waals surface area contributed by atoms with Gasteiger partial charge in [0.25, 0.3) is 0 Å². The average molecular weight is 310 g/mol. The summed E-state index contributed by atoms with van der Waals surface area (Å²) >= 11 is 0. The summed E-state index contributed by atoms with van der Waals surface area (Å²) in [7, 11) is 2.45. The molecular weight excluding hydrogens is 288 g/mol. The highest BCUT2D eigenvalue weighted by Gasteiger charge is 2.42. The number of ether oxygens (including phenoxy) is 1. The lowest BCUT2D eigenvalue weighted by Crippen LogP contribution is -2.57. The van der Waals surface area contributed by atoms with E-state index in [0.29, 0.717) is 18.1 Å². The van der Waals surface area contributed by atoms with Gasteiger partial charge in [-0.2, -0.15) is 0 Å². The normalized spacial score (nSPS) is 19.9. The molecule has 1 aromatic carbocycles. The smallest absolute Gasteiger partial charge is 0.332 e. The highest BCUT2D eigenvalue weighted by molar-refractivity contribution is 7.85. The molecule has 1 atom stereocenters. The molecule has 0 saturated carbocycles. The van der Waals surface area contributed by atoms with E-state index < -0.39 is 16.3 Å². The van der Waals surface area contributed by atoms with Gasteiger partial charge in [0.1, 0.15) is 0 Å². The third-order valence-corrected chi connectivity index (χ3v) is 5.23. The van der Waals surface area contributed by atoms with Gasteiger partial charge in [-0.3, -0.25) is 9.11 Å². The Morgan fingerprint density at radius 3 is 2.48 bits per heavy atom. The van der Waals surface area contributed by atoms with E-state index in [1.807, 2.05) is 30.3 Å². The van der Waals surface area contributed by atoms with Crippen LogP contribution in [0, 0.1) is 0 Å². The Bertz CT molecular complexity index is 499. The van der Waals surface area contributed by atoms with Gasteiger partial charge in [-0.05, 0) is 12.6 Å². The molecule has 1 heterocycles. The number of hydrogen-bond donors (Lipinski definition) is 1. The molecule has 1 saturated heterocycles. The van der Waals surface area contributed by atoms with Crippen LogP contribution in [0.2, 0.25) is 0 Å². The maximum absolute atomic E-state index is 12.4. The summed E-state index contributed by atoms with van der Waals surface area (Å²) in [6, 6.07) is 9.60. The van der Waals surface area contributed by atoms with E-state index in [1.165, 1.54) is 7.11 Å². The number of hydrogen-bond acceptors (Lipinski definition) is 5. The fourth-order valence-corrected chi connectivity index (χ4v) is 3.79. The molecule has 0 aromatic heterocycles. The first-order chi connectivity index (χ1) is 10.1. The lowest BCUT2D eigenvalue weighted by atomic mass is 9.89. The van der Waals surface area contributed by atoms with Gasteiger partial charge in [0.2, 0.25) is 0 Å². The molecule has 2 rings (SSSR count). The van der Waals surface area contributed by atoms with Gasteiger partial charge in [-0.15, -0.1) is 0 Å². The van der Waals surface area contributed by atoms with Crippen LogP contribution in [0.1, 0.15) is 5.56 Å². The monoisotopic (exact) mass is 310 g/mol. The first-order valence-corrected chi connectivity index (χ1v) is 8.51. The summed E-state index contributed by atoms with van der Waals surface area (Å²) in [5, 5.41) is 3.15. The lowest BCUT2D eigenvalue weighted by Gasteiger charge is -2.37. The van der Waals surface area contributed by atoms with Crippen LogP contribution in [-0.2, 0) is 25.9 Å². The molecule has 1 fully saturated rings. The van der Waals surface area contributed by atoms with Gasteiger partial charge in [0.05, 0.1) is 7.11 Å². The van der Waals surface area contributed by atoms with E-state index in [9.17, 15) is 9.00 Å². The Morgan fingerprint density at radius 2 is 1.95 bits per heavy atom. The topological polar surface area (TPSA) is 58.6 Å². The molecule has 1 N–H and O–H groups in total. The minimum absolute atomic E-state index is 0.303. The van der Waals surface area contributed by atoms with E-state index in [1.54, 1.807) is 7.05 Å². The molecule has 116 valence electrons. The SMILES string of the molecule is CNC(CN1CCS(=O)CC1)(C(=O)OC)c1ccccc1. The van der Waals surface area contributed by atoms with Gasteiger partial charge in [0.15, 0.2) is 5.54 Å².